The van der Waals surface area contributed by atoms with E-state index in [0.717, 1.165) is 5.56 Å². The molecule has 2 aromatic carbocycles. The number of ether oxygens (including phenoxy) is 1. The predicted octanol–water partition coefficient (Wildman–Crippen LogP) is 2.31. The van der Waals surface area contributed by atoms with Crippen molar-refractivity contribution in [3.8, 4) is 11.8 Å². The Kier molecular flexibility index (Phi) is 6.25. The molecule has 0 fully saturated rings. The van der Waals surface area contributed by atoms with Crippen LogP contribution in [0, 0.1) is 11.3 Å². The third-order valence-corrected chi connectivity index (χ3v) is 3.01. The van der Waals surface area contributed by atoms with Gasteiger partial charge in [-0.3, -0.25) is 9.59 Å². The Morgan fingerprint density at radius 2 is 2.00 bits per heavy atom. The van der Waals surface area contributed by atoms with E-state index in [9.17, 15) is 9.59 Å². The van der Waals surface area contributed by atoms with E-state index in [0.29, 0.717) is 17.0 Å². The van der Waals surface area contributed by atoms with Gasteiger partial charge in [-0.2, -0.15) is 10.4 Å². The highest BCUT2D eigenvalue weighted by Crippen LogP contribution is 2.12. The van der Waals surface area contributed by atoms with Gasteiger partial charge in [0, 0.05) is 18.2 Å². The number of benzene rings is 2. The number of amides is 2. The first kappa shape index (κ1) is 17.7. The van der Waals surface area contributed by atoms with Gasteiger partial charge in [0.05, 0.1) is 6.21 Å². The first-order valence-electron chi connectivity index (χ1n) is 7.39. The number of nitriles is 1. The molecule has 2 rings (SSSR count). The second kappa shape index (κ2) is 8.84. The van der Waals surface area contributed by atoms with Crippen molar-refractivity contribution in [1.29, 1.82) is 5.26 Å². The fourth-order valence-corrected chi connectivity index (χ4v) is 1.94. The first-order chi connectivity index (χ1) is 12.1. The van der Waals surface area contributed by atoms with Crippen molar-refractivity contribution in [2.24, 2.45) is 5.10 Å². The third-order valence-electron chi connectivity index (χ3n) is 3.01. The molecule has 0 aromatic heterocycles. The number of carbonyl (C=O) groups excluding carboxylic acids is 2. The molecule has 0 saturated carbocycles. The van der Waals surface area contributed by atoms with Crippen molar-refractivity contribution in [1.82, 2.24) is 5.43 Å². The molecule has 0 spiro atoms. The summed E-state index contributed by atoms with van der Waals surface area (Å²) in [6.07, 6.45) is 1.48. The lowest BCUT2D eigenvalue weighted by molar-refractivity contribution is -0.114. The SMILES string of the molecule is CC(=O)Nc1ccc(C(=O)N/N=C\c2cccc(OCC#N)c2)cc1. The molecule has 0 unspecified atom stereocenters. The topological polar surface area (TPSA) is 104 Å². The largest absolute Gasteiger partial charge is 0.479 e. The van der Waals surface area contributed by atoms with Crippen LogP contribution in [0.1, 0.15) is 22.8 Å². The predicted molar refractivity (Wildman–Crippen MR) is 93.4 cm³/mol. The molecule has 0 heterocycles. The maximum absolute atomic E-state index is 12.0. The summed E-state index contributed by atoms with van der Waals surface area (Å²) in [6.45, 7) is 1.38. The minimum absolute atomic E-state index is 0.0359. The van der Waals surface area contributed by atoms with Gasteiger partial charge in [-0.25, -0.2) is 5.43 Å². The van der Waals surface area contributed by atoms with Crippen LogP contribution in [0.15, 0.2) is 53.6 Å². The molecule has 2 aromatic rings. The second-order valence-electron chi connectivity index (χ2n) is 4.98. The van der Waals surface area contributed by atoms with Gasteiger partial charge in [-0.05, 0) is 42.0 Å². The van der Waals surface area contributed by atoms with Gasteiger partial charge in [0.15, 0.2) is 6.61 Å². The van der Waals surface area contributed by atoms with E-state index in [1.807, 2.05) is 6.07 Å². The smallest absolute Gasteiger partial charge is 0.271 e. The first-order valence-corrected chi connectivity index (χ1v) is 7.39. The number of rotatable bonds is 6. The Balaban J connectivity index is 1.94. The van der Waals surface area contributed by atoms with Gasteiger partial charge in [-0.15, -0.1) is 0 Å². The summed E-state index contributed by atoms with van der Waals surface area (Å²) >= 11 is 0. The fourth-order valence-electron chi connectivity index (χ4n) is 1.94. The number of carbonyl (C=O) groups is 2. The highest BCUT2D eigenvalue weighted by molar-refractivity contribution is 5.96. The lowest BCUT2D eigenvalue weighted by Gasteiger charge is -2.04. The molecular formula is C18H16N4O3. The normalized spacial score (nSPS) is 10.1. The number of hydrogen-bond donors (Lipinski definition) is 2. The van der Waals surface area contributed by atoms with Crippen molar-refractivity contribution in [2.75, 3.05) is 11.9 Å². The Morgan fingerprint density at radius 1 is 1.24 bits per heavy atom. The van der Waals surface area contributed by atoms with Crippen LogP contribution in [0.5, 0.6) is 5.75 Å². The van der Waals surface area contributed by atoms with Crippen LogP contribution in [0.3, 0.4) is 0 Å². The Labute approximate surface area is 144 Å². The number of nitrogens with zero attached hydrogens (tertiary/aromatic N) is 2. The summed E-state index contributed by atoms with van der Waals surface area (Å²) in [6, 6.07) is 15.3. The van der Waals surface area contributed by atoms with E-state index in [4.69, 9.17) is 10.00 Å². The number of anilines is 1. The van der Waals surface area contributed by atoms with Crippen molar-refractivity contribution in [2.45, 2.75) is 6.92 Å². The third kappa shape index (κ3) is 5.80. The molecule has 0 atom stereocenters. The molecule has 0 aliphatic heterocycles. The lowest BCUT2D eigenvalue weighted by Crippen LogP contribution is -2.17. The van der Waals surface area contributed by atoms with Gasteiger partial charge in [0.25, 0.3) is 5.91 Å². The molecule has 7 nitrogen and oxygen atoms in total. The minimum Gasteiger partial charge on any atom is -0.479 e. The van der Waals surface area contributed by atoms with Crippen molar-refractivity contribution in [3.63, 3.8) is 0 Å². The Morgan fingerprint density at radius 3 is 2.68 bits per heavy atom. The molecule has 0 bridgehead atoms. The average Bonchev–Trinajstić information content (AvgIpc) is 2.60. The monoisotopic (exact) mass is 336 g/mol. The number of hydrogen-bond acceptors (Lipinski definition) is 5. The van der Waals surface area contributed by atoms with E-state index in [1.165, 1.54) is 13.1 Å². The van der Waals surface area contributed by atoms with Gasteiger partial charge in [0.2, 0.25) is 5.91 Å². The lowest BCUT2D eigenvalue weighted by atomic mass is 10.2. The van der Waals surface area contributed by atoms with Gasteiger partial charge in [0.1, 0.15) is 11.8 Å². The summed E-state index contributed by atoms with van der Waals surface area (Å²) in [5.74, 6) is -0.00400. The molecule has 7 heteroatoms. The zero-order valence-corrected chi connectivity index (χ0v) is 13.5. The summed E-state index contributed by atoms with van der Waals surface area (Å²) in [4.78, 5) is 23.0. The Hall–Kier alpha value is -3.66. The molecule has 2 amide bonds. The van der Waals surface area contributed by atoms with Crippen LogP contribution >= 0.6 is 0 Å². The molecule has 25 heavy (non-hydrogen) atoms. The summed E-state index contributed by atoms with van der Waals surface area (Å²) in [7, 11) is 0. The van der Waals surface area contributed by atoms with Crippen LogP contribution in [-0.2, 0) is 4.79 Å². The highest BCUT2D eigenvalue weighted by Gasteiger charge is 2.04. The molecule has 0 aliphatic rings. The average molecular weight is 336 g/mol. The van der Waals surface area contributed by atoms with Crippen molar-refractivity contribution < 1.29 is 14.3 Å². The quantitative estimate of drug-likeness (QED) is 0.624. The number of nitrogens with one attached hydrogen (secondary N) is 2. The van der Waals surface area contributed by atoms with Crippen LogP contribution in [-0.4, -0.2) is 24.6 Å². The highest BCUT2D eigenvalue weighted by atomic mass is 16.5. The molecule has 0 saturated heterocycles. The fraction of sp³-hybridized carbons (Fsp3) is 0.111. The summed E-state index contributed by atoms with van der Waals surface area (Å²) in [5, 5.41) is 15.0. The standard InChI is InChI=1S/C18H16N4O3/c1-13(23)21-16-7-5-15(6-8-16)18(24)22-20-12-14-3-2-4-17(11-14)25-10-9-19/h2-8,11-12H,10H2,1H3,(H,21,23)(H,22,24)/b20-12-. The van der Waals surface area contributed by atoms with E-state index < -0.39 is 0 Å². The summed E-state index contributed by atoms with van der Waals surface area (Å²) < 4.78 is 5.19. The van der Waals surface area contributed by atoms with Crippen LogP contribution in [0.25, 0.3) is 0 Å². The molecule has 126 valence electrons. The van der Waals surface area contributed by atoms with E-state index in [2.05, 4.69) is 15.8 Å². The molecule has 2 N–H and O–H groups in total. The van der Waals surface area contributed by atoms with Crippen LogP contribution in [0.2, 0.25) is 0 Å². The van der Waals surface area contributed by atoms with Crippen molar-refractivity contribution >= 4 is 23.7 Å². The zero-order chi connectivity index (χ0) is 18.1. The molecule has 0 aliphatic carbocycles. The second-order valence-corrected chi connectivity index (χ2v) is 4.98. The number of hydrazone groups is 1. The molecular weight excluding hydrogens is 320 g/mol. The maximum Gasteiger partial charge on any atom is 0.271 e. The molecule has 0 radical (unpaired) electrons. The van der Waals surface area contributed by atoms with E-state index in [1.54, 1.807) is 48.5 Å². The van der Waals surface area contributed by atoms with Gasteiger partial charge >= 0.3 is 0 Å². The Bertz CT molecular complexity index is 823. The minimum atomic E-state index is -0.373. The van der Waals surface area contributed by atoms with Crippen LogP contribution < -0.4 is 15.5 Å². The van der Waals surface area contributed by atoms with Crippen molar-refractivity contribution in [3.05, 3.63) is 59.7 Å². The maximum atomic E-state index is 12.0. The van der Waals surface area contributed by atoms with E-state index >= 15 is 0 Å². The van der Waals surface area contributed by atoms with Gasteiger partial charge < -0.3 is 10.1 Å². The van der Waals surface area contributed by atoms with Crippen LogP contribution in [0.4, 0.5) is 5.69 Å². The zero-order valence-electron chi connectivity index (χ0n) is 13.5. The summed E-state index contributed by atoms with van der Waals surface area (Å²) in [5.41, 5.74) is 4.17. The van der Waals surface area contributed by atoms with E-state index in [-0.39, 0.29) is 18.4 Å². The van der Waals surface area contributed by atoms with Gasteiger partial charge in [-0.1, -0.05) is 12.1 Å².